The first-order valence-corrected chi connectivity index (χ1v) is 7.09. The highest BCUT2D eigenvalue weighted by atomic mass is 15.1. The number of hydrogen-bond acceptors (Lipinski definition) is 2. The van der Waals surface area contributed by atoms with Gasteiger partial charge < -0.3 is 10.2 Å². The predicted octanol–water partition coefficient (Wildman–Crippen LogP) is 2.74. The Balaban J connectivity index is 2.13. The van der Waals surface area contributed by atoms with Gasteiger partial charge in [0.15, 0.2) is 0 Å². The van der Waals surface area contributed by atoms with Crippen molar-refractivity contribution in [1.29, 1.82) is 0 Å². The van der Waals surface area contributed by atoms with E-state index in [0.717, 1.165) is 17.9 Å². The van der Waals surface area contributed by atoms with Gasteiger partial charge in [-0.3, -0.25) is 0 Å². The van der Waals surface area contributed by atoms with Crippen LogP contribution in [0.5, 0.6) is 0 Å². The quantitative estimate of drug-likeness (QED) is 0.701. The van der Waals surface area contributed by atoms with Gasteiger partial charge in [-0.25, -0.2) is 0 Å². The van der Waals surface area contributed by atoms with Crippen LogP contribution < -0.4 is 5.32 Å². The van der Waals surface area contributed by atoms with E-state index in [1.54, 1.807) is 0 Å². The molecule has 1 rings (SSSR count). The summed E-state index contributed by atoms with van der Waals surface area (Å²) in [6, 6.07) is 0.759. The van der Waals surface area contributed by atoms with Crippen LogP contribution in [0.2, 0.25) is 0 Å². The van der Waals surface area contributed by atoms with E-state index < -0.39 is 0 Å². The fourth-order valence-electron chi connectivity index (χ4n) is 2.62. The second kappa shape index (κ2) is 7.29. The van der Waals surface area contributed by atoms with Crippen molar-refractivity contribution in [2.75, 3.05) is 26.2 Å². The summed E-state index contributed by atoms with van der Waals surface area (Å²) in [6.45, 7) is 14.3. The lowest BCUT2D eigenvalue weighted by Crippen LogP contribution is -2.48. The van der Waals surface area contributed by atoms with Gasteiger partial charge in [0.05, 0.1) is 0 Å². The molecule has 1 aliphatic rings. The summed E-state index contributed by atoms with van der Waals surface area (Å²) in [5, 5.41) is 3.74. The van der Waals surface area contributed by atoms with Gasteiger partial charge in [-0.1, -0.05) is 27.7 Å². The fraction of sp³-hybridized carbons (Fsp3) is 1.00. The number of rotatable bonds is 6. The molecule has 0 aromatic rings. The second-order valence-corrected chi connectivity index (χ2v) is 5.76. The van der Waals surface area contributed by atoms with Gasteiger partial charge in [0.2, 0.25) is 0 Å². The molecule has 1 fully saturated rings. The predicted molar refractivity (Wildman–Crippen MR) is 71.8 cm³/mol. The van der Waals surface area contributed by atoms with Crippen LogP contribution >= 0.6 is 0 Å². The minimum absolute atomic E-state index is 0.759. The van der Waals surface area contributed by atoms with Crippen LogP contribution in [0.4, 0.5) is 0 Å². The molecule has 1 N–H and O–H groups in total. The molecule has 16 heavy (non-hydrogen) atoms. The van der Waals surface area contributed by atoms with E-state index in [9.17, 15) is 0 Å². The molecule has 0 radical (unpaired) electrons. The summed E-state index contributed by atoms with van der Waals surface area (Å²) in [6.07, 6.45) is 4.02. The third-order valence-electron chi connectivity index (χ3n) is 3.80. The summed E-state index contributed by atoms with van der Waals surface area (Å²) < 4.78 is 0. The van der Waals surface area contributed by atoms with E-state index in [-0.39, 0.29) is 0 Å². The summed E-state index contributed by atoms with van der Waals surface area (Å²) in [5.74, 6) is 1.66. The van der Waals surface area contributed by atoms with E-state index in [1.807, 2.05) is 0 Å². The molecular weight excluding hydrogens is 196 g/mol. The first kappa shape index (κ1) is 14.0. The van der Waals surface area contributed by atoms with Crippen LogP contribution in [-0.2, 0) is 0 Å². The minimum atomic E-state index is 0.759. The van der Waals surface area contributed by atoms with Crippen LogP contribution in [0.1, 0.15) is 47.0 Å². The third kappa shape index (κ3) is 4.84. The highest BCUT2D eigenvalue weighted by Gasteiger charge is 2.24. The van der Waals surface area contributed by atoms with Crippen LogP contribution in [0.3, 0.4) is 0 Å². The highest BCUT2D eigenvalue weighted by Crippen LogP contribution is 2.16. The van der Waals surface area contributed by atoms with Gasteiger partial charge in [-0.15, -0.1) is 0 Å². The van der Waals surface area contributed by atoms with E-state index in [4.69, 9.17) is 0 Å². The number of nitrogens with one attached hydrogen (secondary N) is 1. The molecule has 0 spiro atoms. The van der Waals surface area contributed by atoms with Crippen molar-refractivity contribution >= 4 is 0 Å². The van der Waals surface area contributed by atoms with Gasteiger partial charge in [0, 0.05) is 12.6 Å². The molecule has 1 aliphatic heterocycles. The number of nitrogens with zero attached hydrogens (tertiary/aromatic N) is 1. The average Bonchev–Trinajstić information content (AvgIpc) is 2.25. The van der Waals surface area contributed by atoms with Gasteiger partial charge >= 0.3 is 0 Å². The third-order valence-corrected chi connectivity index (χ3v) is 3.80. The molecule has 2 heteroatoms. The van der Waals surface area contributed by atoms with Crippen molar-refractivity contribution in [3.63, 3.8) is 0 Å². The van der Waals surface area contributed by atoms with Crippen molar-refractivity contribution in [2.45, 2.75) is 53.0 Å². The van der Waals surface area contributed by atoms with E-state index >= 15 is 0 Å². The Morgan fingerprint density at radius 2 is 2.12 bits per heavy atom. The lowest BCUT2D eigenvalue weighted by Gasteiger charge is -2.37. The Morgan fingerprint density at radius 1 is 1.38 bits per heavy atom. The van der Waals surface area contributed by atoms with E-state index in [2.05, 4.69) is 37.9 Å². The lowest BCUT2D eigenvalue weighted by atomic mass is 9.93. The number of likely N-dealkylation sites (tertiary alicyclic amines) is 1. The molecule has 0 aromatic heterocycles. The van der Waals surface area contributed by atoms with Crippen LogP contribution in [0.15, 0.2) is 0 Å². The zero-order chi connectivity index (χ0) is 12.0. The summed E-state index contributed by atoms with van der Waals surface area (Å²) >= 11 is 0. The zero-order valence-corrected chi connectivity index (χ0v) is 11.6. The van der Waals surface area contributed by atoms with Gasteiger partial charge in [0.1, 0.15) is 0 Å². The van der Waals surface area contributed by atoms with Crippen LogP contribution in [-0.4, -0.2) is 37.1 Å². The molecule has 2 nitrogen and oxygen atoms in total. The smallest absolute Gasteiger partial charge is 0.0117 e. The monoisotopic (exact) mass is 226 g/mol. The molecule has 0 aromatic carbocycles. The Hall–Kier alpha value is -0.0800. The SMILES string of the molecule is CCN1CC[C@@H](NCCCC(C)C)[C@@H](C)C1. The first-order valence-electron chi connectivity index (χ1n) is 7.09. The lowest BCUT2D eigenvalue weighted by molar-refractivity contribution is 0.153. The molecule has 2 atom stereocenters. The summed E-state index contributed by atoms with van der Waals surface area (Å²) in [7, 11) is 0. The molecule has 0 amide bonds. The van der Waals surface area contributed by atoms with E-state index in [0.29, 0.717) is 0 Å². The fourth-order valence-corrected chi connectivity index (χ4v) is 2.62. The maximum atomic E-state index is 3.74. The van der Waals surface area contributed by atoms with Gasteiger partial charge in [-0.2, -0.15) is 0 Å². The van der Waals surface area contributed by atoms with Gasteiger partial charge in [0.25, 0.3) is 0 Å². The number of hydrogen-bond donors (Lipinski definition) is 1. The molecule has 0 aliphatic carbocycles. The molecule has 0 bridgehead atoms. The summed E-state index contributed by atoms with van der Waals surface area (Å²) in [4.78, 5) is 2.57. The van der Waals surface area contributed by atoms with Crippen molar-refractivity contribution in [2.24, 2.45) is 11.8 Å². The van der Waals surface area contributed by atoms with E-state index in [1.165, 1.54) is 45.4 Å². The number of piperidine rings is 1. The maximum absolute atomic E-state index is 3.74. The normalized spacial score (nSPS) is 27.6. The average molecular weight is 226 g/mol. The standard InChI is InChI=1S/C14H30N2/c1-5-16-10-8-14(13(4)11-16)15-9-6-7-12(2)3/h12-15H,5-11H2,1-4H3/t13-,14+/m0/s1. The Bertz CT molecular complexity index is 180. The largest absolute Gasteiger partial charge is 0.314 e. The highest BCUT2D eigenvalue weighted by molar-refractivity contribution is 4.82. The molecule has 0 saturated carbocycles. The molecule has 0 unspecified atom stereocenters. The minimum Gasteiger partial charge on any atom is -0.314 e. The van der Waals surface area contributed by atoms with Crippen molar-refractivity contribution in [1.82, 2.24) is 10.2 Å². The van der Waals surface area contributed by atoms with Crippen LogP contribution in [0.25, 0.3) is 0 Å². The molecule has 1 heterocycles. The van der Waals surface area contributed by atoms with Crippen molar-refractivity contribution in [3.05, 3.63) is 0 Å². The second-order valence-electron chi connectivity index (χ2n) is 5.76. The van der Waals surface area contributed by atoms with Crippen molar-refractivity contribution in [3.8, 4) is 0 Å². The zero-order valence-electron chi connectivity index (χ0n) is 11.6. The molecule has 96 valence electrons. The molecular formula is C14H30N2. The first-order chi connectivity index (χ1) is 7.63. The summed E-state index contributed by atoms with van der Waals surface area (Å²) in [5.41, 5.74) is 0. The topological polar surface area (TPSA) is 15.3 Å². The Labute approximate surface area is 102 Å². The van der Waals surface area contributed by atoms with Crippen molar-refractivity contribution < 1.29 is 0 Å². The Morgan fingerprint density at radius 3 is 2.69 bits per heavy atom. The molecule has 1 saturated heterocycles. The van der Waals surface area contributed by atoms with Gasteiger partial charge in [-0.05, 0) is 50.7 Å². The Kier molecular flexibility index (Phi) is 6.37. The maximum Gasteiger partial charge on any atom is 0.0117 e. The van der Waals surface area contributed by atoms with Crippen LogP contribution in [0, 0.1) is 11.8 Å².